The number of esters is 1. The summed E-state index contributed by atoms with van der Waals surface area (Å²) in [6.45, 7) is 4.23. The quantitative estimate of drug-likeness (QED) is 0.462. The molecule has 10 heteroatoms. The molecule has 1 aromatic carbocycles. The number of morpholine rings is 1. The van der Waals surface area contributed by atoms with Crippen LogP contribution in [0.5, 0.6) is 0 Å². The molecule has 130 valence electrons. The van der Waals surface area contributed by atoms with Gasteiger partial charge in [0.2, 0.25) is 0 Å². The van der Waals surface area contributed by atoms with E-state index in [1.807, 2.05) is 0 Å². The van der Waals surface area contributed by atoms with Crippen LogP contribution in [-0.2, 0) is 9.47 Å². The first-order chi connectivity index (χ1) is 11.2. The van der Waals surface area contributed by atoms with Gasteiger partial charge in [-0.2, -0.15) is 0 Å². The van der Waals surface area contributed by atoms with Gasteiger partial charge in [0.25, 0.3) is 11.4 Å². The van der Waals surface area contributed by atoms with Crippen molar-refractivity contribution in [3.8, 4) is 0 Å². The lowest BCUT2D eigenvalue weighted by Gasteiger charge is -2.37. The molecular formula is C14H17N3O7. The van der Waals surface area contributed by atoms with Crippen LogP contribution in [0.25, 0.3) is 0 Å². The number of nitro groups is 2. The summed E-state index contributed by atoms with van der Waals surface area (Å²) in [6.07, 6.45) is -0.428. The Bertz CT molecular complexity index is 681. The first-order valence-electron chi connectivity index (χ1n) is 7.20. The van der Waals surface area contributed by atoms with Gasteiger partial charge in [-0.3, -0.25) is 20.2 Å². The highest BCUT2D eigenvalue weighted by molar-refractivity contribution is 5.99. The molecule has 0 unspecified atom stereocenters. The zero-order chi connectivity index (χ0) is 18.0. The summed E-state index contributed by atoms with van der Waals surface area (Å²) in [7, 11) is 1.11. The molecule has 10 nitrogen and oxygen atoms in total. The molecule has 1 aromatic rings. The second-order valence-electron chi connectivity index (χ2n) is 5.53. The van der Waals surface area contributed by atoms with Crippen molar-refractivity contribution in [2.45, 2.75) is 26.1 Å². The summed E-state index contributed by atoms with van der Waals surface area (Å²) in [5.41, 5.74) is -1.25. The van der Waals surface area contributed by atoms with Gasteiger partial charge in [-0.05, 0) is 13.8 Å². The SMILES string of the molecule is COC(=O)c1cc([N+](=O)[O-])cc([N+](=O)[O-])c1N1C[C@@H](C)O[C@H](C)C1. The summed E-state index contributed by atoms with van der Waals surface area (Å²) in [4.78, 5) is 34.6. The maximum atomic E-state index is 12.1. The molecule has 0 N–H and O–H groups in total. The molecular weight excluding hydrogens is 322 g/mol. The van der Waals surface area contributed by atoms with Crippen molar-refractivity contribution in [1.82, 2.24) is 0 Å². The van der Waals surface area contributed by atoms with Gasteiger partial charge in [0.15, 0.2) is 0 Å². The zero-order valence-electron chi connectivity index (χ0n) is 13.4. The topological polar surface area (TPSA) is 125 Å². The number of anilines is 1. The zero-order valence-corrected chi connectivity index (χ0v) is 13.4. The highest BCUT2D eigenvalue weighted by atomic mass is 16.6. The van der Waals surface area contributed by atoms with Crippen LogP contribution in [0.15, 0.2) is 12.1 Å². The van der Waals surface area contributed by atoms with Gasteiger partial charge in [0.1, 0.15) is 5.69 Å². The largest absolute Gasteiger partial charge is 0.465 e. The van der Waals surface area contributed by atoms with Crippen LogP contribution in [0.3, 0.4) is 0 Å². The van der Waals surface area contributed by atoms with Crippen LogP contribution >= 0.6 is 0 Å². The Hall–Kier alpha value is -2.75. The van der Waals surface area contributed by atoms with Crippen LogP contribution in [0.2, 0.25) is 0 Å². The number of carbonyl (C=O) groups excluding carboxylic acids is 1. The van der Waals surface area contributed by atoms with Crippen LogP contribution in [-0.4, -0.2) is 48.2 Å². The number of hydrogen-bond donors (Lipinski definition) is 0. The Morgan fingerprint density at radius 3 is 2.25 bits per heavy atom. The van der Waals surface area contributed by atoms with E-state index in [2.05, 4.69) is 4.74 Å². The lowest BCUT2D eigenvalue weighted by atomic mass is 10.1. The maximum absolute atomic E-state index is 12.1. The normalized spacial score (nSPS) is 20.5. The number of non-ortho nitro benzene ring substituents is 1. The van der Waals surface area contributed by atoms with Crippen molar-refractivity contribution in [1.29, 1.82) is 0 Å². The number of ether oxygens (including phenoxy) is 2. The molecule has 1 aliphatic rings. The summed E-state index contributed by atoms with van der Waals surface area (Å²) in [6, 6.07) is 1.85. The highest BCUT2D eigenvalue weighted by Crippen LogP contribution is 2.38. The van der Waals surface area contributed by atoms with E-state index in [0.29, 0.717) is 13.1 Å². The van der Waals surface area contributed by atoms with E-state index >= 15 is 0 Å². The van der Waals surface area contributed by atoms with Gasteiger partial charge in [-0.15, -0.1) is 0 Å². The average molecular weight is 339 g/mol. The summed E-state index contributed by atoms with van der Waals surface area (Å²) in [5.74, 6) is -0.872. The third-order valence-electron chi connectivity index (χ3n) is 3.62. The Labute approximate surface area is 137 Å². The van der Waals surface area contributed by atoms with Gasteiger partial charge in [-0.1, -0.05) is 0 Å². The van der Waals surface area contributed by atoms with Crippen molar-refractivity contribution in [3.05, 3.63) is 37.9 Å². The molecule has 1 fully saturated rings. The number of rotatable bonds is 4. The monoisotopic (exact) mass is 339 g/mol. The minimum absolute atomic E-state index is 0.0134. The molecule has 0 bridgehead atoms. The lowest BCUT2D eigenvalue weighted by molar-refractivity contribution is -0.393. The fourth-order valence-electron chi connectivity index (χ4n) is 2.81. The molecule has 2 rings (SSSR count). The number of benzene rings is 1. The van der Waals surface area contributed by atoms with Gasteiger partial charge >= 0.3 is 5.97 Å². The van der Waals surface area contributed by atoms with E-state index in [-0.39, 0.29) is 23.5 Å². The van der Waals surface area contributed by atoms with Crippen LogP contribution in [0.1, 0.15) is 24.2 Å². The van der Waals surface area contributed by atoms with E-state index in [0.717, 1.165) is 19.2 Å². The minimum Gasteiger partial charge on any atom is -0.465 e. The standard InChI is InChI=1S/C14H17N3O7/c1-8-6-15(7-9(2)24-8)13-11(14(18)23-3)4-10(16(19)20)5-12(13)17(21)22/h4-5,8-9H,6-7H2,1-3H3/t8-,9-/m1/s1. The fraction of sp³-hybridized carbons (Fsp3) is 0.500. The molecule has 1 saturated heterocycles. The van der Waals surface area contributed by atoms with E-state index in [9.17, 15) is 25.0 Å². The van der Waals surface area contributed by atoms with Gasteiger partial charge in [0.05, 0.1) is 40.8 Å². The molecule has 0 saturated carbocycles. The number of carbonyl (C=O) groups is 1. The summed E-state index contributed by atoms with van der Waals surface area (Å²) < 4.78 is 10.2. The maximum Gasteiger partial charge on any atom is 0.340 e. The fourth-order valence-corrected chi connectivity index (χ4v) is 2.81. The van der Waals surface area contributed by atoms with E-state index in [1.54, 1.807) is 18.7 Å². The number of nitrogens with zero attached hydrogens (tertiary/aromatic N) is 3. The molecule has 0 aromatic heterocycles. The second-order valence-corrected chi connectivity index (χ2v) is 5.53. The van der Waals surface area contributed by atoms with E-state index in [1.165, 1.54) is 0 Å². The molecule has 2 atom stereocenters. The Kier molecular flexibility index (Phi) is 4.98. The summed E-state index contributed by atoms with van der Waals surface area (Å²) >= 11 is 0. The molecule has 1 aliphatic heterocycles. The molecule has 1 heterocycles. The molecule has 0 aliphatic carbocycles. The van der Waals surface area contributed by atoms with Crippen LogP contribution < -0.4 is 4.90 Å². The third-order valence-corrected chi connectivity index (χ3v) is 3.62. The Morgan fingerprint density at radius 2 is 1.79 bits per heavy atom. The van der Waals surface area contributed by atoms with Gasteiger partial charge in [-0.25, -0.2) is 4.79 Å². The first kappa shape index (κ1) is 17.6. The van der Waals surface area contributed by atoms with E-state index < -0.39 is 27.2 Å². The number of nitro benzene ring substituents is 2. The Balaban J connectivity index is 2.68. The summed E-state index contributed by atoms with van der Waals surface area (Å²) in [5, 5.41) is 22.5. The first-order valence-corrected chi connectivity index (χ1v) is 7.20. The predicted octanol–water partition coefficient (Wildman–Crippen LogP) is 1.90. The molecule has 0 radical (unpaired) electrons. The van der Waals surface area contributed by atoms with E-state index in [4.69, 9.17) is 4.74 Å². The number of hydrogen-bond acceptors (Lipinski definition) is 8. The lowest BCUT2D eigenvalue weighted by Crippen LogP contribution is -2.46. The average Bonchev–Trinajstić information content (AvgIpc) is 2.51. The van der Waals surface area contributed by atoms with Crippen molar-refractivity contribution < 1.29 is 24.1 Å². The van der Waals surface area contributed by atoms with Crippen molar-refractivity contribution in [2.75, 3.05) is 25.1 Å². The molecule has 0 amide bonds. The smallest absolute Gasteiger partial charge is 0.340 e. The predicted molar refractivity (Wildman–Crippen MR) is 83.3 cm³/mol. The van der Waals surface area contributed by atoms with Crippen LogP contribution in [0.4, 0.5) is 17.1 Å². The van der Waals surface area contributed by atoms with Gasteiger partial charge < -0.3 is 14.4 Å². The van der Waals surface area contributed by atoms with Crippen molar-refractivity contribution >= 4 is 23.0 Å². The minimum atomic E-state index is -0.872. The van der Waals surface area contributed by atoms with Gasteiger partial charge in [0, 0.05) is 19.2 Å². The second kappa shape index (κ2) is 6.79. The molecule has 0 spiro atoms. The third kappa shape index (κ3) is 3.43. The highest BCUT2D eigenvalue weighted by Gasteiger charge is 2.34. The van der Waals surface area contributed by atoms with Crippen LogP contribution in [0, 0.1) is 20.2 Å². The number of methoxy groups -OCH3 is 1. The molecule has 24 heavy (non-hydrogen) atoms. The van der Waals surface area contributed by atoms with Crippen molar-refractivity contribution in [2.24, 2.45) is 0 Å². The Morgan fingerprint density at radius 1 is 1.21 bits per heavy atom. The van der Waals surface area contributed by atoms with Crippen molar-refractivity contribution in [3.63, 3.8) is 0 Å².